The highest BCUT2D eigenvalue weighted by Gasteiger charge is 2.53. The van der Waals surface area contributed by atoms with Crippen molar-refractivity contribution in [3.05, 3.63) is 36.5 Å². The summed E-state index contributed by atoms with van der Waals surface area (Å²) in [6.07, 6.45) is 24.3. The first-order valence-corrected chi connectivity index (χ1v) is 32.2. The number of rotatable bonds is 48. The molecule has 3 aliphatic rings. The number of hydrogen-bond acceptors (Lipinski definition) is 18. The van der Waals surface area contributed by atoms with Crippen LogP contribution in [0.2, 0.25) is 0 Å². The van der Waals surface area contributed by atoms with Gasteiger partial charge in [-0.2, -0.15) is 0 Å². The molecule has 3 fully saturated rings. The zero-order valence-electron chi connectivity index (χ0n) is 50.2. The largest absolute Gasteiger partial charge is 0.394 e. The highest BCUT2D eigenvalue weighted by molar-refractivity contribution is 5.76. The van der Waals surface area contributed by atoms with Crippen molar-refractivity contribution in [2.75, 3.05) is 26.4 Å². The summed E-state index contributed by atoms with van der Waals surface area (Å²) in [5.41, 5.74) is 0. The fourth-order valence-electron chi connectivity index (χ4n) is 10.9. The summed E-state index contributed by atoms with van der Waals surface area (Å²) in [4.78, 5) is 13.3. The fourth-order valence-corrected chi connectivity index (χ4v) is 10.9. The second kappa shape index (κ2) is 46.2. The molecule has 1 amide bonds. The Bertz CT molecular complexity index is 1640. The highest BCUT2D eigenvalue weighted by atomic mass is 16.8. The summed E-state index contributed by atoms with van der Waals surface area (Å²) >= 11 is 0. The number of carbonyl (C=O) groups excluding carboxylic acids is 1. The van der Waals surface area contributed by atoms with E-state index in [0.717, 1.165) is 44.9 Å². The number of allylic oxidation sites excluding steroid dienone is 5. The van der Waals surface area contributed by atoms with Gasteiger partial charge in [0.2, 0.25) is 5.91 Å². The van der Waals surface area contributed by atoms with E-state index < -0.39 is 124 Å². The normalized spacial score (nSPS) is 29.8. The minimum absolute atomic E-state index is 0.234. The zero-order chi connectivity index (χ0) is 59.7. The van der Waals surface area contributed by atoms with Crippen molar-refractivity contribution in [2.24, 2.45) is 0 Å². The Labute approximate surface area is 491 Å². The number of aliphatic hydroxyl groups excluding tert-OH is 11. The molecule has 0 saturated carbocycles. The standard InChI is InChI=1S/C63H115NO18/c1-3-5-7-9-11-13-15-17-18-19-20-21-22-23-24-25-26-27-28-29-30-32-34-36-38-40-47(68)46(64-51(69)41-39-37-35-33-31-16-14-12-10-8-6-4-2)45-77-61-57(75)54(72)59(49(43-66)79-61)82-63-58(76)55(73)60(50(44-67)80-63)81-62-56(74)53(71)52(70)48(42-65)78-62/h26-27,30,32,38,40,46-50,52-63,65-68,70-76H,3-25,28-29,31,33-37,39,41-45H2,1-2H3,(H,64,69)/b27-26+,32-30+,40-38+. The maximum Gasteiger partial charge on any atom is 0.220 e. The molecule has 12 N–H and O–H groups in total. The molecule has 19 heteroatoms. The van der Waals surface area contributed by atoms with Gasteiger partial charge in [0, 0.05) is 6.42 Å². The van der Waals surface area contributed by atoms with Gasteiger partial charge in [0.25, 0.3) is 0 Å². The van der Waals surface area contributed by atoms with E-state index in [9.17, 15) is 61.0 Å². The molecule has 480 valence electrons. The van der Waals surface area contributed by atoms with Gasteiger partial charge in [0.05, 0.1) is 38.6 Å². The van der Waals surface area contributed by atoms with E-state index in [1.54, 1.807) is 6.08 Å². The lowest BCUT2D eigenvalue weighted by atomic mass is 9.96. The second-order valence-electron chi connectivity index (χ2n) is 23.2. The minimum Gasteiger partial charge on any atom is -0.394 e. The van der Waals surface area contributed by atoms with Crippen LogP contribution in [0.4, 0.5) is 0 Å². The van der Waals surface area contributed by atoms with Crippen LogP contribution in [0.3, 0.4) is 0 Å². The maximum absolute atomic E-state index is 13.3. The molecule has 17 unspecified atom stereocenters. The van der Waals surface area contributed by atoms with E-state index in [1.807, 2.05) is 6.08 Å². The molecule has 0 bridgehead atoms. The molecule has 3 heterocycles. The van der Waals surface area contributed by atoms with Gasteiger partial charge < -0.3 is 89.9 Å². The van der Waals surface area contributed by atoms with Gasteiger partial charge in [-0.1, -0.05) is 211 Å². The molecular weight excluding hydrogens is 1060 g/mol. The van der Waals surface area contributed by atoms with Crippen molar-refractivity contribution < 1.29 is 89.4 Å². The van der Waals surface area contributed by atoms with Crippen LogP contribution in [0.15, 0.2) is 36.5 Å². The summed E-state index contributed by atoms with van der Waals surface area (Å²) in [5.74, 6) is -0.290. The van der Waals surface area contributed by atoms with Crippen LogP contribution in [0.5, 0.6) is 0 Å². The Balaban J connectivity index is 1.47. The van der Waals surface area contributed by atoms with Crippen LogP contribution in [0, 0.1) is 0 Å². The van der Waals surface area contributed by atoms with E-state index in [4.69, 9.17) is 28.4 Å². The molecule has 0 aliphatic carbocycles. The molecule has 0 aromatic heterocycles. The lowest BCUT2D eigenvalue weighted by Crippen LogP contribution is -2.66. The lowest BCUT2D eigenvalue weighted by Gasteiger charge is -2.48. The zero-order valence-corrected chi connectivity index (χ0v) is 50.2. The van der Waals surface area contributed by atoms with Crippen molar-refractivity contribution in [3.8, 4) is 0 Å². The van der Waals surface area contributed by atoms with E-state index >= 15 is 0 Å². The molecule has 0 spiro atoms. The number of carbonyl (C=O) groups is 1. The topological polar surface area (TPSA) is 307 Å². The third-order valence-electron chi connectivity index (χ3n) is 16.2. The summed E-state index contributed by atoms with van der Waals surface area (Å²) in [6, 6.07) is -0.992. The van der Waals surface area contributed by atoms with Gasteiger partial charge in [0.15, 0.2) is 18.9 Å². The number of ether oxygens (including phenoxy) is 6. The first kappa shape index (κ1) is 74.3. The molecule has 0 aromatic rings. The van der Waals surface area contributed by atoms with Crippen LogP contribution in [-0.4, -0.2) is 193 Å². The Morgan fingerprint density at radius 2 is 0.780 bits per heavy atom. The maximum atomic E-state index is 13.3. The lowest BCUT2D eigenvalue weighted by molar-refractivity contribution is -0.379. The van der Waals surface area contributed by atoms with Gasteiger partial charge in [0.1, 0.15) is 73.2 Å². The molecule has 3 saturated heterocycles. The first-order valence-electron chi connectivity index (χ1n) is 32.2. The summed E-state index contributed by atoms with van der Waals surface area (Å²) in [7, 11) is 0. The predicted octanol–water partition coefficient (Wildman–Crippen LogP) is 6.88. The van der Waals surface area contributed by atoms with Gasteiger partial charge >= 0.3 is 0 Å². The third kappa shape index (κ3) is 29.1. The second-order valence-corrected chi connectivity index (χ2v) is 23.2. The Kier molecular flexibility index (Phi) is 41.8. The average Bonchev–Trinajstić information content (AvgIpc) is 3.66. The molecular formula is C63H115NO18. The van der Waals surface area contributed by atoms with Crippen LogP contribution in [-0.2, 0) is 33.2 Å². The Hall–Kier alpha value is -1.99. The van der Waals surface area contributed by atoms with Crippen LogP contribution in [0.25, 0.3) is 0 Å². The van der Waals surface area contributed by atoms with E-state index in [-0.39, 0.29) is 18.9 Å². The quantitative estimate of drug-likeness (QED) is 0.0218. The van der Waals surface area contributed by atoms with Crippen molar-refractivity contribution in [1.29, 1.82) is 0 Å². The van der Waals surface area contributed by atoms with Gasteiger partial charge in [-0.25, -0.2) is 0 Å². The third-order valence-corrected chi connectivity index (χ3v) is 16.2. The summed E-state index contributed by atoms with van der Waals surface area (Å²) < 4.78 is 34.2. The van der Waals surface area contributed by atoms with Crippen molar-refractivity contribution in [3.63, 3.8) is 0 Å². The Morgan fingerprint density at radius 3 is 1.22 bits per heavy atom. The average molecular weight is 1170 g/mol. The predicted molar refractivity (Wildman–Crippen MR) is 314 cm³/mol. The van der Waals surface area contributed by atoms with E-state index in [1.165, 1.54) is 148 Å². The Morgan fingerprint density at radius 1 is 0.427 bits per heavy atom. The number of nitrogens with one attached hydrogen (secondary N) is 1. The number of unbranched alkanes of at least 4 members (excludes halogenated alkanes) is 28. The molecule has 19 nitrogen and oxygen atoms in total. The van der Waals surface area contributed by atoms with Crippen LogP contribution in [0.1, 0.15) is 226 Å². The smallest absolute Gasteiger partial charge is 0.220 e. The molecule has 3 rings (SSSR count). The van der Waals surface area contributed by atoms with Crippen LogP contribution < -0.4 is 5.32 Å². The fraction of sp³-hybridized carbons (Fsp3) is 0.889. The van der Waals surface area contributed by atoms with Crippen molar-refractivity contribution >= 4 is 5.91 Å². The van der Waals surface area contributed by atoms with Gasteiger partial charge in [-0.05, 0) is 44.9 Å². The molecule has 0 radical (unpaired) electrons. The summed E-state index contributed by atoms with van der Waals surface area (Å²) in [5, 5.41) is 120. The van der Waals surface area contributed by atoms with E-state index in [0.29, 0.717) is 12.8 Å². The molecule has 17 atom stereocenters. The van der Waals surface area contributed by atoms with Gasteiger partial charge in [-0.15, -0.1) is 0 Å². The first-order chi connectivity index (χ1) is 39.8. The molecule has 3 aliphatic heterocycles. The highest BCUT2D eigenvalue weighted by Crippen LogP contribution is 2.33. The monoisotopic (exact) mass is 1170 g/mol. The summed E-state index contributed by atoms with van der Waals surface area (Å²) in [6.45, 7) is 1.70. The van der Waals surface area contributed by atoms with E-state index in [2.05, 4.69) is 43.5 Å². The van der Waals surface area contributed by atoms with Gasteiger partial charge in [-0.3, -0.25) is 4.79 Å². The SMILES string of the molecule is CCCCCCCCCCCCCCCCC/C=C/CC/C=C/CC/C=C/C(O)C(COC1OC(CO)C(OC2OC(CO)C(OC3OC(CO)C(O)C(O)C3O)C(O)C2O)C(O)C1O)NC(=O)CCCCCCCCCCCCCC. The number of amides is 1. The minimum atomic E-state index is -1.98. The molecule has 82 heavy (non-hydrogen) atoms. The van der Waals surface area contributed by atoms with Crippen molar-refractivity contribution in [2.45, 2.75) is 330 Å². The number of hydrogen-bond donors (Lipinski definition) is 12. The molecule has 0 aromatic carbocycles. The number of aliphatic hydroxyl groups is 11. The van der Waals surface area contributed by atoms with Crippen LogP contribution >= 0.6 is 0 Å². The van der Waals surface area contributed by atoms with Crippen molar-refractivity contribution in [1.82, 2.24) is 5.32 Å².